The van der Waals surface area contributed by atoms with Crippen LogP contribution < -0.4 is 0 Å². The van der Waals surface area contributed by atoms with E-state index in [1.165, 1.54) is 29.5 Å². The quantitative estimate of drug-likeness (QED) is 0.811. The molecule has 0 saturated carbocycles. The van der Waals surface area contributed by atoms with Crippen molar-refractivity contribution < 1.29 is 9.90 Å². The standard InChI is InChI=1S/C10H7N5O2/c11-3-7-5-15(6-9(16)17)14-10(7)8-4-12-1-2-13-8/h1-2,4-5H,6H2,(H,16,17). The summed E-state index contributed by atoms with van der Waals surface area (Å²) in [5.41, 5.74) is 1.04. The van der Waals surface area contributed by atoms with E-state index >= 15 is 0 Å². The number of aromatic nitrogens is 4. The molecule has 0 aliphatic rings. The normalized spacial score (nSPS) is 9.82. The minimum Gasteiger partial charge on any atom is -0.480 e. The molecule has 2 heterocycles. The highest BCUT2D eigenvalue weighted by Crippen LogP contribution is 2.17. The van der Waals surface area contributed by atoms with Gasteiger partial charge in [-0.3, -0.25) is 19.4 Å². The van der Waals surface area contributed by atoms with Crippen LogP contribution in [-0.4, -0.2) is 30.8 Å². The molecule has 0 saturated heterocycles. The minimum atomic E-state index is -1.03. The zero-order valence-corrected chi connectivity index (χ0v) is 8.61. The van der Waals surface area contributed by atoms with Gasteiger partial charge in [0.2, 0.25) is 0 Å². The minimum absolute atomic E-state index is 0.270. The highest BCUT2D eigenvalue weighted by Gasteiger charge is 2.13. The average Bonchev–Trinajstić information content (AvgIpc) is 2.72. The molecular formula is C10H7N5O2. The van der Waals surface area contributed by atoms with Crippen LogP contribution in [0.2, 0.25) is 0 Å². The molecule has 0 radical (unpaired) electrons. The van der Waals surface area contributed by atoms with Gasteiger partial charge in [-0.15, -0.1) is 0 Å². The van der Waals surface area contributed by atoms with Crippen molar-refractivity contribution in [2.24, 2.45) is 0 Å². The number of hydrogen-bond acceptors (Lipinski definition) is 5. The van der Waals surface area contributed by atoms with Crippen LogP contribution in [-0.2, 0) is 11.3 Å². The molecule has 7 heteroatoms. The number of nitriles is 1. The lowest BCUT2D eigenvalue weighted by Crippen LogP contribution is -2.09. The molecule has 0 amide bonds. The smallest absolute Gasteiger partial charge is 0.325 e. The first-order chi connectivity index (χ1) is 8.20. The summed E-state index contributed by atoms with van der Waals surface area (Å²) in [7, 11) is 0. The van der Waals surface area contributed by atoms with E-state index in [4.69, 9.17) is 10.4 Å². The molecule has 0 atom stereocenters. The van der Waals surface area contributed by atoms with E-state index < -0.39 is 5.97 Å². The van der Waals surface area contributed by atoms with Crippen LogP contribution in [0.4, 0.5) is 0 Å². The number of carboxylic acid groups (broad SMARTS) is 1. The van der Waals surface area contributed by atoms with Crippen molar-refractivity contribution in [2.75, 3.05) is 0 Å². The molecule has 1 N–H and O–H groups in total. The van der Waals surface area contributed by atoms with E-state index in [0.29, 0.717) is 11.4 Å². The summed E-state index contributed by atoms with van der Waals surface area (Å²) >= 11 is 0. The van der Waals surface area contributed by atoms with E-state index in [-0.39, 0.29) is 12.1 Å². The second-order valence-electron chi connectivity index (χ2n) is 3.19. The van der Waals surface area contributed by atoms with Gasteiger partial charge >= 0.3 is 5.97 Å². The second kappa shape index (κ2) is 4.40. The molecule has 84 valence electrons. The van der Waals surface area contributed by atoms with Crippen molar-refractivity contribution in [2.45, 2.75) is 6.54 Å². The Morgan fingerprint density at radius 1 is 1.53 bits per heavy atom. The maximum absolute atomic E-state index is 10.5. The molecular weight excluding hydrogens is 222 g/mol. The van der Waals surface area contributed by atoms with E-state index in [1.807, 2.05) is 6.07 Å². The Balaban J connectivity index is 2.44. The van der Waals surface area contributed by atoms with Crippen LogP contribution in [0.15, 0.2) is 24.8 Å². The Kier molecular flexibility index (Phi) is 2.79. The second-order valence-corrected chi connectivity index (χ2v) is 3.19. The molecule has 0 unspecified atom stereocenters. The summed E-state index contributed by atoms with van der Waals surface area (Å²) in [6.45, 7) is -0.297. The van der Waals surface area contributed by atoms with Gasteiger partial charge in [0.05, 0.1) is 11.8 Å². The predicted octanol–water partition coefficient (Wildman–Crippen LogP) is 0.296. The van der Waals surface area contributed by atoms with Crippen LogP contribution in [0.5, 0.6) is 0 Å². The SMILES string of the molecule is N#Cc1cn(CC(=O)O)nc1-c1cnccn1. The van der Waals surface area contributed by atoms with Crippen LogP contribution in [0.25, 0.3) is 11.4 Å². The van der Waals surface area contributed by atoms with Gasteiger partial charge in [0.25, 0.3) is 0 Å². The first-order valence-electron chi connectivity index (χ1n) is 4.66. The maximum Gasteiger partial charge on any atom is 0.325 e. The fourth-order valence-corrected chi connectivity index (χ4v) is 1.33. The fraction of sp³-hybridized carbons (Fsp3) is 0.100. The van der Waals surface area contributed by atoms with Crippen molar-refractivity contribution in [3.63, 3.8) is 0 Å². The van der Waals surface area contributed by atoms with Gasteiger partial charge in [-0.25, -0.2) is 0 Å². The zero-order chi connectivity index (χ0) is 12.3. The number of rotatable bonds is 3. The molecule has 0 aliphatic carbocycles. The summed E-state index contributed by atoms with van der Waals surface area (Å²) in [6, 6.07) is 1.94. The predicted molar refractivity (Wildman–Crippen MR) is 55.6 cm³/mol. The third-order valence-corrected chi connectivity index (χ3v) is 1.99. The van der Waals surface area contributed by atoms with Crippen molar-refractivity contribution in [1.29, 1.82) is 5.26 Å². The molecule has 17 heavy (non-hydrogen) atoms. The number of carboxylic acids is 1. The number of hydrogen-bond donors (Lipinski definition) is 1. The number of nitrogens with zero attached hydrogens (tertiary/aromatic N) is 5. The Morgan fingerprint density at radius 3 is 2.94 bits per heavy atom. The highest BCUT2D eigenvalue weighted by atomic mass is 16.4. The summed E-state index contributed by atoms with van der Waals surface area (Å²) in [6.07, 6.45) is 5.82. The monoisotopic (exact) mass is 229 g/mol. The van der Waals surface area contributed by atoms with Crippen molar-refractivity contribution in [3.05, 3.63) is 30.4 Å². The molecule has 7 nitrogen and oxygen atoms in total. The number of carbonyl (C=O) groups is 1. The van der Waals surface area contributed by atoms with Gasteiger partial charge in [0, 0.05) is 18.6 Å². The Bertz CT molecular complexity index is 584. The molecule has 0 spiro atoms. The Hall–Kier alpha value is -2.75. The van der Waals surface area contributed by atoms with E-state index in [0.717, 1.165) is 0 Å². The third-order valence-electron chi connectivity index (χ3n) is 1.99. The molecule has 2 aromatic rings. The summed E-state index contributed by atoms with van der Waals surface area (Å²) in [5, 5.41) is 21.6. The van der Waals surface area contributed by atoms with E-state index in [9.17, 15) is 4.79 Å². The lowest BCUT2D eigenvalue weighted by Gasteiger charge is -1.95. The van der Waals surface area contributed by atoms with Crippen LogP contribution in [0.1, 0.15) is 5.56 Å². The molecule has 0 fully saturated rings. The van der Waals surface area contributed by atoms with Crippen molar-refractivity contribution in [1.82, 2.24) is 19.7 Å². The van der Waals surface area contributed by atoms with Crippen LogP contribution >= 0.6 is 0 Å². The van der Waals surface area contributed by atoms with Gasteiger partial charge in [0.1, 0.15) is 24.0 Å². The molecule has 0 aliphatic heterocycles. The topological polar surface area (TPSA) is 105 Å². The first kappa shape index (κ1) is 10.8. The molecule has 2 rings (SSSR count). The van der Waals surface area contributed by atoms with Crippen LogP contribution in [0.3, 0.4) is 0 Å². The Morgan fingerprint density at radius 2 is 2.35 bits per heavy atom. The summed E-state index contributed by atoms with van der Waals surface area (Å²) < 4.78 is 1.19. The summed E-state index contributed by atoms with van der Waals surface area (Å²) in [5.74, 6) is -1.03. The highest BCUT2D eigenvalue weighted by molar-refractivity contribution is 5.67. The van der Waals surface area contributed by atoms with E-state index in [2.05, 4.69) is 15.1 Å². The van der Waals surface area contributed by atoms with Gasteiger partial charge < -0.3 is 5.11 Å². The average molecular weight is 229 g/mol. The molecule has 0 aromatic carbocycles. The fourth-order valence-electron chi connectivity index (χ4n) is 1.33. The van der Waals surface area contributed by atoms with Gasteiger partial charge in [0.15, 0.2) is 0 Å². The van der Waals surface area contributed by atoms with E-state index in [1.54, 1.807) is 0 Å². The van der Waals surface area contributed by atoms with Crippen molar-refractivity contribution >= 4 is 5.97 Å². The van der Waals surface area contributed by atoms with Crippen molar-refractivity contribution in [3.8, 4) is 17.5 Å². The first-order valence-corrected chi connectivity index (χ1v) is 4.66. The third kappa shape index (κ3) is 2.26. The largest absolute Gasteiger partial charge is 0.480 e. The number of aliphatic carboxylic acids is 1. The molecule has 0 bridgehead atoms. The summed E-state index contributed by atoms with van der Waals surface area (Å²) in [4.78, 5) is 18.4. The molecule has 2 aromatic heterocycles. The Labute approximate surface area is 96.0 Å². The van der Waals surface area contributed by atoms with Gasteiger partial charge in [-0.2, -0.15) is 10.4 Å². The lowest BCUT2D eigenvalue weighted by molar-refractivity contribution is -0.137. The lowest BCUT2D eigenvalue weighted by atomic mass is 10.2. The maximum atomic E-state index is 10.5. The van der Waals surface area contributed by atoms with Gasteiger partial charge in [-0.1, -0.05) is 0 Å². The van der Waals surface area contributed by atoms with Gasteiger partial charge in [-0.05, 0) is 0 Å². The van der Waals surface area contributed by atoms with Crippen LogP contribution in [0, 0.1) is 11.3 Å². The zero-order valence-electron chi connectivity index (χ0n) is 8.61.